The zero-order valence-corrected chi connectivity index (χ0v) is 15.2. The standard InChI is InChI=1S/C16H21FN4O3S/c1-16(2,3)25(23,24)19-15(22)13-8-18-14-5-4-12(10-21(13)14)20-7-6-11(17)9-20/h4-5,8,10-11H,6-7,9H2,1-3H3,(H,19,22). The van der Waals surface area contributed by atoms with Gasteiger partial charge >= 0.3 is 0 Å². The summed E-state index contributed by atoms with van der Waals surface area (Å²) in [5.41, 5.74) is 1.39. The molecule has 25 heavy (non-hydrogen) atoms. The highest BCUT2D eigenvalue weighted by molar-refractivity contribution is 7.91. The van der Waals surface area contributed by atoms with Gasteiger partial charge in [-0.05, 0) is 39.3 Å². The molecule has 1 atom stereocenters. The average Bonchev–Trinajstić information content (AvgIpc) is 3.10. The Morgan fingerprint density at radius 3 is 2.68 bits per heavy atom. The van der Waals surface area contributed by atoms with Crippen LogP contribution in [0.25, 0.3) is 5.65 Å². The number of carbonyl (C=O) groups excluding carboxylic acids is 1. The Labute approximate surface area is 145 Å². The molecule has 0 radical (unpaired) electrons. The molecule has 1 N–H and O–H groups in total. The Morgan fingerprint density at radius 1 is 1.36 bits per heavy atom. The normalized spacial score (nSPS) is 18.7. The van der Waals surface area contributed by atoms with Crippen LogP contribution in [-0.4, -0.2) is 47.7 Å². The van der Waals surface area contributed by atoms with Gasteiger partial charge in [-0.3, -0.25) is 9.20 Å². The molecule has 7 nitrogen and oxygen atoms in total. The number of amides is 1. The van der Waals surface area contributed by atoms with Gasteiger partial charge < -0.3 is 4.90 Å². The highest BCUT2D eigenvalue weighted by Gasteiger charge is 2.32. The minimum absolute atomic E-state index is 0.112. The van der Waals surface area contributed by atoms with Gasteiger partial charge in [-0.1, -0.05) is 0 Å². The van der Waals surface area contributed by atoms with Crippen LogP contribution < -0.4 is 9.62 Å². The third kappa shape index (κ3) is 3.33. The number of halogens is 1. The van der Waals surface area contributed by atoms with Crippen LogP contribution in [0.2, 0.25) is 0 Å². The van der Waals surface area contributed by atoms with E-state index in [9.17, 15) is 17.6 Å². The molecular formula is C16H21FN4O3S. The van der Waals surface area contributed by atoms with Crippen LogP contribution in [0.4, 0.5) is 10.1 Å². The zero-order chi connectivity index (χ0) is 18.4. The predicted molar refractivity (Wildman–Crippen MR) is 93.1 cm³/mol. The Morgan fingerprint density at radius 2 is 2.08 bits per heavy atom. The maximum absolute atomic E-state index is 13.4. The van der Waals surface area contributed by atoms with Crippen molar-refractivity contribution in [3.63, 3.8) is 0 Å². The second-order valence-corrected chi connectivity index (χ2v) is 9.57. The fourth-order valence-corrected chi connectivity index (χ4v) is 3.26. The van der Waals surface area contributed by atoms with E-state index in [0.29, 0.717) is 25.2 Å². The summed E-state index contributed by atoms with van der Waals surface area (Å²) in [5, 5.41) is 0. The molecule has 3 heterocycles. The summed E-state index contributed by atoms with van der Waals surface area (Å²) in [6, 6.07) is 3.53. The monoisotopic (exact) mass is 368 g/mol. The summed E-state index contributed by atoms with van der Waals surface area (Å²) in [5.74, 6) is -0.746. The molecule has 0 saturated carbocycles. The van der Waals surface area contributed by atoms with Gasteiger partial charge in [-0.15, -0.1) is 0 Å². The number of nitrogens with one attached hydrogen (secondary N) is 1. The van der Waals surface area contributed by atoms with E-state index in [0.717, 1.165) is 5.69 Å². The quantitative estimate of drug-likeness (QED) is 0.892. The van der Waals surface area contributed by atoms with E-state index in [-0.39, 0.29) is 5.69 Å². The van der Waals surface area contributed by atoms with Gasteiger partial charge in [0, 0.05) is 19.3 Å². The maximum Gasteiger partial charge on any atom is 0.283 e. The Bertz CT molecular complexity index is 917. The number of fused-ring (bicyclic) bond motifs is 1. The molecule has 1 unspecified atom stereocenters. The minimum Gasteiger partial charge on any atom is -0.367 e. The molecule has 1 aliphatic heterocycles. The van der Waals surface area contributed by atoms with Gasteiger partial charge in [0.25, 0.3) is 5.91 Å². The van der Waals surface area contributed by atoms with Crippen molar-refractivity contribution in [1.29, 1.82) is 0 Å². The number of rotatable bonds is 3. The summed E-state index contributed by atoms with van der Waals surface area (Å²) in [6.45, 7) is 5.43. The summed E-state index contributed by atoms with van der Waals surface area (Å²) in [4.78, 5) is 18.5. The molecule has 1 fully saturated rings. The van der Waals surface area contributed by atoms with E-state index in [4.69, 9.17) is 0 Å². The molecule has 0 spiro atoms. The van der Waals surface area contributed by atoms with Crippen molar-refractivity contribution in [1.82, 2.24) is 14.1 Å². The van der Waals surface area contributed by atoms with Crippen LogP contribution in [0.5, 0.6) is 0 Å². The van der Waals surface area contributed by atoms with Crippen molar-refractivity contribution in [2.24, 2.45) is 0 Å². The lowest BCUT2D eigenvalue weighted by Crippen LogP contribution is -2.42. The number of aromatic nitrogens is 2. The van der Waals surface area contributed by atoms with Crippen LogP contribution >= 0.6 is 0 Å². The fraction of sp³-hybridized carbons (Fsp3) is 0.500. The van der Waals surface area contributed by atoms with E-state index in [1.807, 2.05) is 11.0 Å². The second kappa shape index (κ2) is 5.98. The number of imidazole rings is 1. The van der Waals surface area contributed by atoms with Crippen molar-refractivity contribution in [3.8, 4) is 0 Å². The third-order valence-electron chi connectivity index (χ3n) is 4.25. The summed E-state index contributed by atoms with van der Waals surface area (Å²) < 4.78 is 40.3. The number of pyridine rings is 1. The number of carbonyl (C=O) groups is 1. The number of hydrogen-bond donors (Lipinski definition) is 1. The molecule has 9 heteroatoms. The van der Waals surface area contributed by atoms with Gasteiger partial charge in [0.2, 0.25) is 10.0 Å². The van der Waals surface area contributed by atoms with Crippen LogP contribution in [-0.2, 0) is 10.0 Å². The molecule has 0 aromatic carbocycles. The minimum atomic E-state index is -3.83. The summed E-state index contributed by atoms with van der Waals surface area (Å²) >= 11 is 0. The van der Waals surface area contributed by atoms with E-state index in [1.54, 1.807) is 12.3 Å². The highest BCUT2D eigenvalue weighted by atomic mass is 32.2. The molecule has 136 valence electrons. The summed E-state index contributed by atoms with van der Waals surface area (Å²) in [6.07, 6.45) is 2.62. The molecule has 1 aliphatic rings. The van der Waals surface area contributed by atoms with Gasteiger partial charge in [0.15, 0.2) is 0 Å². The van der Waals surface area contributed by atoms with Crippen molar-refractivity contribution in [2.75, 3.05) is 18.0 Å². The average molecular weight is 368 g/mol. The molecule has 2 aromatic heterocycles. The number of alkyl halides is 1. The van der Waals surface area contributed by atoms with Crippen LogP contribution in [0.1, 0.15) is 37.7 Å². The predicted octanol–water partition coefficient (Wildman–Crippen LogP) is 1.74. The van der Waals surface area contributed by atoms with Crippen LogP contribution in [0.3, 0.4) is 0 Å². The molecular weight excluding hydrogens is 347 g/mol. The smallest absolute Gasteiger partial charge is 0.283 e. The molecule has 0 bridgehead atoms. The molecule has 0 aliphatic carbocycles. The first-order valence-electron chi connectivity index (χ1n) is 8.01. The number of hydrogen-bond acceptors (Lipinski definition) is 5. The Kier molecular flexibility index (Phi) is 4.22. The lowest BCUT2D eigenvalue weighted by atomic mass is 10.3. The maximum atomic E-state index is 13.4. The first-order chi connectivity index (χ1) is 11.6. The first-order valence-corrected chi connectivity index (χ1v) is 9.49. The lowest BCUT2D eigenvalue weighted by molar-refractivity contribution is 0.0975. The van der Waals surface area contributed by atoms with Gasteiger partial charge in [0.1, 0.15) is 17.5 Å². The SMILES string of the molecule is CC(C)(C)S(=O)(=O)NC(=O)c1cnc2ccc(N3CCC(F)C3)cn12. The Balaban J connectivity index is 1.93. The second-order valence-electron chi connectivity index (χ2n) is 7.14. The number of nitrogens with zero attached hydrogens (tertiary/aromatic N) is 3. The van der Waals surface area contributed by atoms with Crippen molar-refractivity contribution >= 4 is 27.3 Å². The Hall–Kier alpha value is -2.16. The lowest BCUT2D eigenvalue weighted by Gasteiger charge is -2.20. The van der Waals surface area contributed by atoms with E-state index in [1.165, 1.54) is 31.4 Å². The number of anilines is 1. The van der Waals surface area contributed by atoms with E-state index < -0.39 is 26.8 Å². The van der Waals surface area contributed by atoms with Crippen molar-refractivity contribution in [2.45, 2.75) is 38.1 Å². The molecule has 1 saturated heterocycles. The van der Waals surface area contributed by atoms with E-state index >= 15 is 0 Å². The summed E-state index contributed by atoms with van der Waals surface area (Å²) in [7, 11) is -3.83. The molecule has 2 aromatic rings. The van der Waals surface area contributed by atoms with Gasteiger partial charge in [-0.2, -0.15) is 0 Å². The zero-order valence-electron chi connectivity index (χ0n) is 14.4. The van der Waals surface area contributed by atoms with Crippen molar-refractivity contribution in [3.05, 3.63) is 30.2 Å². The fourth-order valence-electron chi connectivity index (χ4n) is 2.60. The van der Waals surface area contributed by atoms with Gasteiger partial charge in [0.05, 0.1) is 16.6 Å². The largest absolute Gasteiger partial charge is 0.367 e. The van der Waals surface area contributed by atoms with Crippen molar-refractivity contribution < 1.29 is 17.6 Å². The highest BCUT2D eigenvalue weighted by Crippen LogP contribution is 2.23. The first kappa shape index (κ1) is 17.7. The van der Waals surface area contributed by atoms with Gasteiger partial charge in [-0.25, -0.2) is 22.5 Å². The van der Waals surface area contributed by atoms with Crippen LogP contribution in [0.15, 0.2) is 24.5 Å². The van der Waals surface area contributed by atoms with Crippen LogP contribution in [0, 0.1) is 0 Å². The van der Waals surface area contributed by atoms with E-state index in [2.05, 4.69) is 9.71 Å². The topological polar surface area (TPSA) is 83.8 Å². The third-order valence-corrected chi connectivity index (χ3v) is 6.32. The molecule has 3 rings (SSSR count). The molecule has 1 amide bonds. The number of sulfonamides is 1.